The highest BCUT2D eigenvalue weighted by molar-refractivity contribution is 5.95. The second-order valence-electron chi connectivity index (χ2n) is 7.38. The molecule has 2 heterocycles. The Morgan fingerprint density at radius 3 is 2.38 bits per heavy atom. The number of hydrogen-bond acceptors (Lipinski definition) is 4. The molecule has 0 spiro atoms. The molecule has 29 heavy (non-hydrogen) atoms. The highest BCUT2D eigenvalue weighted by atomic mass is 16.5. The van der Waals surface area contributed by atoms with Gasteiger partial charge in [-0.05, 0) is 24.5 Å². The van der Waals surface area contributed by atoms with Gasteiger partial charge in [-0.25, -0.2) is 9.97 Å². The Morgan fingerprint density at radius 2 is 1.76 bits per heavy atom. The minimum absolute atomic E-state index is 0.0210. The average Bonchev–Trinajstić information content (AvgIpc) is 2.79. The average molecular weight is 387 g/mol. The fourth-order valence-electron chi connectivity index (χ4n) is 3.92. The fourth-order valence-corrected chi connectivity index (χ4v) is 3.92. The lowest BCUT2D eigenvalue weighted by molar-refractivity contribution is -0.0264. The minimum atomic E-state index is -0.0250. The normalized spacial score (nSPS) is 16.8. The molecule has 0 unspecified atom stereocenters. The SMILES string of the molecule is Cc1ncncc1C(=O)N1CCO[C@H](CC(c2ccccc2)c2ccccc2)C1. The zero-order valence-electron chi connectivity index (χ0n) is 16.6. The van der Waals surface area contributed by atoms with E-state index in [2.05, 4.69) is 58.5 Å². The van der Waals surface area contributed by atoms with Crippen LogP contribution >= 0.6 is 0 Å². The van der Waals surface area contributed by atoms with Gasteiger partial charge in [-0.2, -0.15) is 0 Å². The number of hydrogen-bond donors (Lipinski definition) is 0. The van der Waals surface area contributed by atoms with Crippen LogP contribution in [0.3, 0.4) is 0 Å². The lowest BCUT2D eigenvalue weighted by atomic mass is 9.86. The monoisotopic (exact) mass is 387 g/mol. The molecule has 1 aliphatic rings. The van der Waals surface area contributed by atoms with Crippen molar-refractivity contribution in [2.75, 3.05) is 19.7 Å². The lowest BCUT2D eigenvalue weighted by Gasteiger charge is -2.35. The molecule has 1 fully saturated rings. The number of amides is 1. The molecule has 3 aromatic rings. The minimum Gasteiger partial charge on any atom is -0.375 e. The number of nitrogens with zero attached hydrogens (tertiary/aromatic N) is 3. The van der Waals surface area contributed by atoms with Gasteiger partial charge in [0.15, 0.2) is 0 Å². The van der Waals surface area contributed by atoms with E-state index in [1.165, 1.54) is 17.5 Å². The van der Waals surface area contributed by atoms with Crippen LogP contribution in [0.25, 0.3) is 0 Å². The van der Waals surface area contributed by atoms with E-state index in [1.54, 1.807) is 6.20 Å². The van der Waals surface area contributed by atoms with Crippen LogP contribution in [0.5, 0.6) is 0 Å². The first kappa shape index (κ1) is 19.3. The molecule has 1 amide bonds. The fraction of sp³-hybridized carbons (Fsp3) is 0.292. The maximum atomic E-state index is 13.0. The van der Waals surface area contributed by atoms with Crippen molar-refractivity contribution in [3.8, 4) is 0 Å². The summed E-state index contributed by atoms with van der Waals surface area (Å²) in [5.74, 6) is 0.201. The summed E-state index contributed by atoms with van der Waals surface area (Å²) in [6.45, 7) is 3.54. The van der Waals surface area contributed by atoms with Gasteiger partial charge >= 0.3 is 0 Å². The van der Waals surface area contributed by atoms with Gasteiger partial charge in [0.2, 0.25) is 0 Å². The molecule has 0 saturated carbocycles. The first-order valence-corrected chi connectivity index (χ1v) is 9.99. The van der Waals surface area contributed by atoms with Crippen molar-refractivity contribution in [1.29, 1.82) is 0 Å². The molecule has 148 valence electrons. The zero-order chi connectivity index (χ0) is 20.1. The Morgan fingerprint density at radius 1 is 1.10 bits per heavy atom. The number of carbonyl (C=O) groups is 1. The molecule has 0 radical (unpaired) electrons. The summed E-state index contributed by atoms with van der Waals surface area (Å²) in [7, 11) is 0. The smallest absolute Gasteiger partial charge is 0.257 e. The molecule has 5 heteroatoms. The van der Waals surface area contributed by atoms with Crippen molar-refractivity contribution in [1.82, 2.24) is 14.9 Å². The van der Waals surface area contributed by atoms with Crippen molar-refractivity contribution in [2.45, 2.75) is 25.4 Å². The predicted molar refractivity (Wildman–Crippen MR) is 112 cm³/mol. The van der Waals surface area contributed by atoms with E-state index in [9.17, 15) is 4.79 Å². The first-order valence-electron chi connectivity index (χ1n) is 9.99. The largest absolute Gasteiger partial charge is 0.375 e. The van der Waals surface area contributed by atoms with Crippen molar-refractivity contribution in [3.05, 3.63) is 95.6 Å². The maximum absolute atomic E-state index is 13.0. The van der Waals surface area contributed by atoms with E-state index in [0.717, 1.165) is 6.42 Å². The molecular formula is C24H25N3O2. The van der Waals surface area contributed by atoms with Crippen LogP contribution in [0.4, 0.5) is 0 Å². The number of benzene rings is 2. The van der Waals surface area contributed by atoms with Crippen molar-refractivity contribution in [2.24, 2.45) is 0 Å². The number of morpholine rings is 1. The first-order chi connectivity index (χ1) is 14.2. The zero-order valence-corrected chi connectivity index (χ0v) is 16.6. The summed E-state index contributed by atoms with van der Waals surface area (Å²) in [5.41, 5.74) is 3.80. The van der Waals surface area contributed by atoms with Crippen LogP contribution in [0.1, 0.15) is 39.5 Å². The van der Waals surface area contributed by atoms with E-state index in [-0.39, 0.29) is 17.9 Å². The van der Waals surface area contributed by atoms with E-state index in [0.29, 0.717) is 31.0 Å². The number of rotatable bonds is 5. The van der Waals surface area contributed by atoms with Gasteiger partial charge in [0, 0.05) is 25.2 Å². The van der Waals surface area contributed by atoms with Crippen molar-refractivity contribution >= 4 is 5.91 Å². The molecule has 2 aromatic carbocycles. The number of carbonyl (C=O) groups excluding carboxylic acids is 1. The molecule has 1 atom stereocenters. The van der Waals surface area contributed by atoms with Gasteiger partial charge in [0.05, 0.1) is 24.0 Å². The van der Waals surface area contributed by atoms with Crippen molar-refractivity contribution < 1.29 is 9.53 Å². The standard InChI is InChI=1S/C24H25N3O2/c1-18-23(15-25-17-26-18)24(28)27-12-13-29-21(16-27)14-22(19-8-4-2-5-9-19)20-10-6-3-7-11-20/h2-11,15,17,21-22H,12-14,16H2,1H3/t21-/m1/s1. The Bertz CT molecular complexity index is 907. The molecule has 1 saturated heterocycles. The number of ether oxygens (including phenoxy) is 1. The summed E-state index contributed by atoms with van der Waals surface area (Å²) in [6.07, 6.45) is 3.87. The third kappa shape index (κ3) is 4.51. The molecule has 1 aromatic heterocycles. The molecule has 5 nitrogen and oxygen atoms in total. The lowest BCUT2D eigenvalue weighted by Crippen LogP contribution is -2.46. The van der Waals surface area contributed by atoms with Crippen LogP contribution in [0, 0.1) is 6.92 Å². The summed E-state index contributed by atoms with van der Waals surface area (Å²) in [5, 5.41) is 0. The topological polar surface area (TPSA) is 55.3 Å². The van der Waals surface area contributed by atoms with Gasteiger partial charge in [-0.3, -0.25) is 4.79 Å². The highest BCUT2D eigenvalue weighted by Gasteiger charge is 2.29. The van der Waals surface area contributed by atoms with Crippen LogP contribution in [0.2, 0.25) is 0 Å². The van der Waals surface area contributed by atoms with Gasteiger partial charge < -0.3 is 9.64 Å². The van der Waals surface area contributed by atoms with Gasteiger partial charge in [0.1, 0.15) is 6.33 Å². The van der Waals surface area contributed by atoms with Crippen LogP contribution in [-0.4, -0.2) is 46.6 Å². The van der Waals surface area contributed by atoms with E-state index >= 15 is 0 Å². The summed E-state index contributed by atoms with van der Waals surface area (Å²) >= 11 is 0. The molecular weight excluding hydrogens is 362 g/mol. The second-order valence-corrected chi connectivity index (χ2v) is 7.38. The van der Waals surface area contributed by atoms with Crippen LogP contribution in [-0.2, 0) is 4.74 Å². The third-order valence-electron chi connectivity index (χ3n) is 5.47. The van der Waals surface area contributed by atoms with Crippen LogP contribution in [0.15, 0.2) is 73.2 Å². The number of aryl methyl sites for hydroxylation is 1. The third-order valence-corrected chi connectivity index (χ3v) is 5.47. The molecule has 0 bridgehead atoms. The number of aromatic nitrogens is 2. The summed E-state index contributed by atoms with van der Waals surface area (Å²) < 4.78 is 6.07. The molecule has 0 aliphatic carbocycles. The summed E-state index contributed by atoms with van der Waals surface area (Å²) in [6, 6.07) is 21.0. The van der Waals surface area contributed by atoms with Crippen LogP contribution < -0.4 is 0 Å². The molecule has 0 N–H and O–H groups in total. The quantitative estimate of drug-likeness (QED) is 0.667. The van der Waals surface area contributed by atoms with Crippen molar-refractivity contribution in [3.63, 3.8) is 0 Å². The van der Waals surface area contributed by atoms with Gasteiger partial charge in [-0.15, -0.1) is 0 Å². The Labute approximate surface area is 171 Å². The van der Waals surface area contributed by atoms with Gasteiger partial charge in [-0.1, -0.05) is 60.7 Å². The highest BCUT2D eigenvalue weighted by Crippen LogP contribution is 2.31. The Hall–Kier alpha value is -3.05. The van der Waals surface area contributed by atoms with E-state index in [4.69, 9.17) is 4.74 Å². The Balaban J connectivity index is 1.52. The molecule has 4 rings (SSSR count). The van der Waals surface area contributed by atoms with E-state index < -0.39 is 0 Å². The van der Waals surface area contributed by atoms with Gasteiger partial charge in [0.25, 0.3) is 5.91 Å². The van der Waals surface area contributed by atoms with E-state index in [1.807, 2.05) is 24.0 Å². The predicted octanol–water partition coefficient (Wildman–Crippen LogP) is 3.85. The summed E-state index contributed by atoms with van der Waals surface area (Å²) in [4.78, 5) is 23.0. The Kier molecular flexibility index (Phi) is 5.96. The molecule has 1 aliphatic heterocycles. The maximum Gasteiger partial charge on any atom is 0.257 e. The second kappa shape index (κ2) is 8.97.